The quantitative estimate of drug-likeness (QED) is 0.519. The first-order valence-electron chi connectivity index (χ1n) is 1.00. The van der Waals surface area contributed by atoms with Gasteiger partial charge < -0.3 is 0 Å². The Morgan fingerprint density at radius 1 is 1.25 bits per heavy atom. The Bertz CT molecular complexity index is 8.00. The van der Waals surface area contributed by atoms with Crippen molar-refractivity contribution >= 4 is 10.2 Å². The first-order chi connectivity index (χ1) is 1.00. The zero-order valence-electron chi connectivity index (χ0n) is 2.91. The molecule has 24 valence electrons. The van der Waals surface area contributed by atoms with Gasteiger partial charge in [0, 0.05) is 42.8 Å². The molecular weight excluding hydrogens is 272 g/mol. The van der Waals surface area contributed by atoms with Gasteiger partial charge in [-0.1, -0.05) is 6.55 Å². The molecule has 0 spiro atoms. The van der Waals surface area contributed by atoms with Crippen molar-refractivity contribution < 1.29 is 42.8 Å². The zero-order chi connectivity index (χ0) is 2.00. The van der Waals surface area contributed by atoms with Gasteiger partial charge in [-0.25, -0.2) is 0 Å². The Balaban J connectivity index is -0.00000000500. The van der Waals surface area contributed by atoms with Gasteiger partial charge in [-0.15, -0.1) is 0 Å². The fourth-order valence-electron chi connectivity index (χ4n) is 0. The van der Waals surface area contributed by atoms with Crippen molar-refractivity contribution in [3.63, 3.8) is 0 Å². The normalized spacial score (nSPS) is 2.25. The molecule has 0 amide bonds. The second kappa shape index (κ2) is 23.1. The predicted molar refractivity (Wildman–Crippen MR) is 15.8 cm³/mol. The van der Waals surface area contributed by atoms with Crippen molar-refractivity contribution in [2.45, 2.75) is 6.55 Å². The van der Waals surface area contributed by atoms with Crippen LogP contribution in [0.2, 0.25) is 6.55 Å². The maximum Gasteiger partial charge on any atom is 0 e. The van der Waals surface area contributed by atoms with E-state index < -0.39 is 0 Å². The summed E-state index contributed by atoms with van der Waals surface area (Å²) >= 11 is 0. The molecule has 0 bridgehead atoms. The van der Waals surface area contributed by atoms with E-state index in [1.807, 2.05) is 0 Å². The molecule has 0 aliphatic rings. The summed E-state index contributed by atoms with van der Waals surface area (Å²) in [5.74, 6) is 0. The van der Waals surface area contributed by atoms with Gasteiger partial charge in [0.25, 0.3) is 0 Å². The SMILES string of the molecule is C[SiH3].[Ti].[W]. The first kappa shape index (κ1) is 17.5. The minimum absolute atomic E-state index is 0. The molecule has 0 aliphatic heterocycles. The zero-order valence-corrected chi connectivity index (χ0v) is 9.40. The Kier molecular flexibility index (Phi) is 101. The molecule has 0 rings (SSSR count). The second-order valence-electron chi connectivity index (χ2n) is 0. The molecule has 3 heteroatoms. The Hall–Kier alpha value is 1.62. The van der Waals surface area contributed by atoms with Crippen molar-refractivity contribution in [2.75, 3.05) is 0 Å². The van der Waals surface area contributed by atoms with E-state index in [0.29, 0.717) is 0 Å². The molecule has 0 N–H and O–H groups in total. The molecule has 0 saturated heterocycles. The van der Waals surface area contributed by atoms with Crippen LogP contribution in [0.1, 0.15) is 0 Å². The van der Waals surface area contributed by atoms with E-state index in [0.717, 1.165) is 0 Å². The molecule has 0 atom stereocenters. The van der Waals surface area contributed by atoms with E-state index in [2.05, 4.69) is 6.55 Å². The number of rotatable bonds is 0. The summed E-state index contributed by atoms with van der Waals surface area (Å²) in [5, 5.41) is 0. The molecule has 0 radical (unpaired) electrons. The van der Waals surface area contributed by atoms with Gasteiger partial charge in [-0.05, 0) is 10.2 Å². The molecule has 0 saturated carbocycles. The third-order valence-electron chi connectivity index (χ3n) is 0. The molecule has 0 aromatic carbocycles. The van der Waals surface area contributed by atoms with Gasteiger partial charge in [0.05, 0.1) is 0 Å². The smallest absolute Gasteiger partial charge is 0 e. The maximum absolute atomic E-state index is 2.14. The summed E-state index contributed by atoms with van der Waals surface area (Å²) < 4.78 is 0. The number of hydrogen-bond acceptors (Lipinski definition) is 0. The summed E-state index contributed by atoms with van der Waals surface area (Å²) in [6.07, 6.45) is 0. The van der Waals surface area contributed by atoms with Crippen LogP contribution in [-0.2, 0) is 42.8 Å². The molecule has 0 fully saturated rings. The van der Waals surface area contributed by atoms with E-state index in [-0.39, 0.29) is 42.8 Å². The summed E-state index contributed by atoms with van der Waals surface area (Å²) in [6, 6.07) is 0. The van der Waals surface area contributed by atoms with E-state index in [1.54, 1.807) is 0 Å². The third-order valence-corrected chi connectivity index (χ3v) is 0. The van der Waals surface area contributed by atoms with Gasteiger partial charge in [0.15, 0.2) is 0 Å². The molecule has 0 unspecified atom stereocenters. The average Bonchev–Trinajstić information content (AvgIpc) is 1.00. The summed E-state index contributed by atoms with van der Waals surface area (Å²) in [4.78, 5) is 0. The summed E-state index contributed by atoms with van der Waals surface area (Å²) in [7, 11) is 1.31. The van der Waals surface area contributed by atoms with Gasteiger partial charge in [0.2, 0.25) is 0 Å². The largest absolute Gasteiger partial charge is 0.0777 e. The Labute approximate surface area is 59.3 Å². The van der Waals surface area contributed by atoms with Crippen LogP contribution in [-0.4, -0.2) is 10.2 Å². The minimum Gasteiger partial charge on any atom is -0.0777 e. The van der Waals surface area contributed by atoms with E-state index in [9.17, 15) is 0 Å². The molecule has 4 heavy (non-hydrogen) atoms. The fourth-order valence-corrected chi connectivity index (χ4v) is 0. The predicted octanol–water partition coefficient (Wildman–Crippen LogP) is -0.605. The minimum atomic E-state index is 0. The molecular formula is CH6SiTiW. The number of hydrogen-bond donors (Lipinski definition) is 0. The van der Waals surface area contributed by atoms with E-state index in [4.69, 9.17) is 0 Å². The molecule has 0 heterocycles. The monoisotopic (exact) mass is 278 g/mol. The van der Waals surface area contributed by atoms with Gasteiger partial charge in [-0.3, -0.25) is 0 Å². The average molecular weight is 278 g/mol. The first-order valence-corrected chi connectivity index (χ1v) is 3.00. The van der Waals surface area contributed by atoms with Crippen molar-refractivity contribution in [1.29, 1.82) is 0 Å². The third kappa shape index (κ3) is 9.47. The van der Waals surface area contributed by atoms with Crippen LogP contribution in [0, 0.1) is 0 Å². The van der Waals surface area contributed by atoms with Crippen LogP contribution in [0.5, 0.6) is 0 Å². The van der Waals surface area contributed by atoms with Crippen molar-refractivity contribution in [3.8, 4) is 0 Å². The summed E-state index contributed by atoms with van der Waals surface area (Å²) in [6.45, 7) is 2.14. The maximum atomic E-state index is 2.14. The summed E-state index contributed by atoms with van der Waals surface area (Å²) in [5.41, 5.74) is 0. The topological polar surface area (TPSA) is 0 Å². The van der Waals surface area contributed by atoms with Crippen molar-refractivity contribution in [1.82, 2.24) is 0 Å². The second-order valence-corrected chi connectivity index (χ2v) is 0. The molecule has 0 aromatic rings. The van der Waals surface area contributed by atoms with Gasteiger partial charge in [0.1, 0.15) is 0 Å². The molecule has 0 aliphatic carbocycles. The van der Waals surface area contributed by atoms with Gasteiger partial charge in [-0.2, -0.15) is 0 Å². The standard InChI is InChI=1S/CH6Si.Ti.W/c1-2;;/h1-2H3;;. The van der Waals surface area contributed by atoms with E-state index in [1.165, 1.54) is 10.2 Å². The van der Waals surface area contributed by atoms with Crippen LogP contribution < -0.4 is 0 Å². The van der Waals surface area contributed by atoms with Crippen LogP contribution in [0.25, 0.3) is 0 Å². The van der Waals surface area contributed by atoms with Crippen molar-refractivity contribution in [2.24, 2.45) is 0 Å². The van der Waals surface area contributed by atoms with Gasteiger partial charge >= 0.3 is 0 Å². The molecule has 0 nitrogen and oxygen atoms in total. The van der Waals surface area contributed by atoms with Crippen LogP contribution in [0.4, 0.5) is 0 Å². The molecule has 0 aromatic heterocycles. The van der Waals surface area contributed by atoms with Crippen LogP contribution in [0.3, 0.4) is 0 Å². The van der Waals surface area contributed by atoms with Crippen molar-refractivity contribution in [3.05, 3.63) is 0 Å². The Morgan fingerprint density at radius 3 is 1.25 bits per heavy atom. The van der Waals surface area contributed by atoms with E-state index >= 15 is 0 Å². The fraction of sp³-hybridized carbons (Fsp3) is 1.00. The van der Waals surface area contributed by atoms with Crippen LogP contribution in [0.15, 0.2) is 0 Å². The van der Waals surface area contributed by atoms with Crippen LogP contribution >= 0.6 is 0 Å². The Morgan fingerprint density at radius 2 is 1.25 bits per heavy atom.